The molecule has 1 aliphatic rings. The minimum absolute atomic E-state index is 0.299. The number of likely N-dealkylation sites (tertiary alicyclic amines) is 1. The average molecular weight is 384 g/mol. The molecule has 0 saturated carbocycles. The maximum absolute atomic E-state index is 11.8. The quantitative estimate of drug-likeness (QED) is 0.616. The van der Waals surface area contributed by atoms with Crippen LogP contribution < -0.4 is 4.80 Å². The molecule has 0 atom stereocenters. The zero-order valence-corrected chi connectivity index (χ0v) is 16.1. The van der Waals surface area contributed by atoms with E-state index in [1.54, 1.807) is 22.7 Å². The summed E-state index contributed by atoms with van der Waals surface area (Å²) in [5.74, 6) is 0.299. The van der Waals surface area contributed by atoms with Gasteiger partial charge in [0.2, 0.25) is 5.91 Å². The van der Waals surface area contributed by atoms with Gasteiger partial charge in [-0.15, -0.1) is 22.7 Å². The van der Waals surface area contributed by atoms with E-state index < -0.39 is 0 Å². The molecular weight excluding hydrogens is 362 g/mol. The van der Waals surface area contributed by atoms with Crippen LogP contribution in [-0.2, 0) is 11.3 Å². The van der Waals surface area contributed by atoms with Crippen LogP contribution in [-0.4, -0.2) is 28.5 Å². The Kier molecular flexibility index (Phi) is 5.32. The van der Waals surface area contributed by atoms with Crippen molar-refractivity contribution >= 4 is 34.3 Å². The molecule has 3 heterocycles. The summed E-state index contributed by atoms with van der Waals surface area (Å²) in [4.78, 5) is 20.9. The van der Waals surface area contributed by atoms with Crippen molar-refractivity contribution in [1.82, 2.24) is 9.47 Å². The monoisotopic (exact) mass is 383 g/mol. The van der Waals surface area contributed by atoms with Gasteiger partial charge >= 0.3 is 0 Å². The maximum Gasteiger partial charge on any atom is 0.222 e. The van der Waals surface area contributed by atoms with E-state index in [1.807, 2.05) is 35.2 Å². The van der Waals surface area contributed by atoms with E-state index in [0.29, 0.717) is 12.3 Å². The Labute approximate surface area is 161 Å². The first-order valence-electron chi connectivity index (χ1n) is 8.91. The average Bonchev–Trinajstić information content (AvgIpc) is 3.39. The van der Waals surface area contributed by atoms with Crippen molar-refractivity contribution in [3.05, 3.63) is 58.0 Å². The molecule has 0 bridgehead atoms. The zero-order valence-electron chi connectivity index (χ0n) is 14.5. The second-order valence-corrected chi connectivity index (χ2v) is 8.10. The van der Waals surface area contributed by atoms with E-state index in [2.05, 4.69) is 27.5 Å². The molecule has 1 amide bonds. The summed E-state index contributed by atoms with van der Waals surface area (Å²) in [6.07, 6.45) is 2.66. The van der Waals surface area contributed by atoms with Gasteiger partial charge in [0.1, 0.15) is 0 Å². The standard InChI is InChI=1S/C20H21N3OS2/c24-19-10-4-11-22(19)12-6-13-23-17(18-9-5-14-25-18)15-26-20(23)21-16-7-2-1-3-8-16/h1-3,5,7-9,14-15H,4,6,10-13H2. The summed E-state index contributed by atoms with van der Waals surface area (Å²) in [6.45, 7) is 2.61. The highest BCUT2D eigenvalue weighted by Gasteiger charge is 2.19. The SMILES string of the molecule is O=C1CCCN1CCCn1c(-c2cccs2)csc1=Nc1ccccc1. The molecule has 2 aromatic heterocycles. The first-order valence-corrected chi connectivity index (χ1v) is 10.7. The van der Waals surface area contributed by atoms with Crippen LogP contribution in [0, 0.1) is 0 Å². The van der Waals surface area contributed by atoms with E-state index >= 15 is 0 Å². The number of para-hydroxylation sites is 1. The van der Waals surface area contributed by atoms with Crippen LogP contribution >= 0.6 is 22.7 Å². The number of benzene rings is 1. The Morgan fingerprint density at radius 1 is 1.04 bits per heavy atom. The van der Waals surface area contributed by atoms with Crippen LogP contribution in [0.4, 0.5) is 5.69 Å². The number of hydrogen-bond acceptors (Lipinski definition) is 4. The Balaban J connectivity index is 1.60. The molecule has 0 unspecified atom stereocenters. The third-order valence-corrected chi connectivity index (χ3v) is 6.29. The lowest BCUT2D eigenvalue weighted by molar-refractivity contribution is -0.127. The number of hydrogen-bond donors (Lipinski definition) is 0. The summed E-state index contributed by atoms with van der Waals surface area (Å²) in [5, 5.41) is 4.29. The predicted octanol–water partition coefficient (Wildman–Crippen LogP) is 4.52. The molecule has 4 nitrogen and oxygen atoms in total. The molecule has 1 aromatic carbocycles. The molecule has 6 heteroatoms. The third-order valence-electron chi connectivity index (χ3n) is 4.53. The normalized spacial score (nSPS) is 15.2. The van der Waals surface area contributed by atoms with Crippen molar-refractivity contribution < 1.29 is 4.79 Å². The van der Waals surface area contributed by atoms with Gasteiger partial charge in [-0.1, -0.05) is 24.3 Å². The predicted molar refractivity (Wildman–Crippen MR) is 108 cm³/mol. The van der Waals surface area contributed by atoms with E-state index in [9.17, 15) is 4.79 Å². The Hall–Kier alpha value is -2.18. The van der Waals surface area contributed by atoms with Gasteiger partial charge in [-0.05, 0) is 36.4 Å². The molecule has 1 fully saturated rings. The largest absolute Gasteiger partial charge is 0.343 e. The zero-order chi connectivity index (χ0) is 17.8. The lowest BCUT2D eigenvalue weighted by Gasteiger charge is -2.16. The summed E-state index contributed by atoms with van der Waals surface area (Å²) >= 11 is 3.42. The van der Waals surface area contributed by atoms with Gasteiger partial charge in [-0.2, -0.15) is 0 Å². The van der Waals surface area contributed by atoms with Crippen molar-refractivity contribution in [3.63, 3.8) is 0 Å². The number of rotatable bonds is 6. The van der Waals surface area contributed by atoms with E-state index in [1.165, 1.54) is 10.6 Å². The van der Waals surface area contributed by atoms with Crippen LogP contribution in [0.1, 0.15) is 19.3 Å². The van der Waals surface area contributed by atoms with Gasteiger partial charge in [0.25, 0.3) is 0 Å². The summed E-state index contributed by atoms with van der Waals surface area (Å²) in [5.41, 5.74) is 2.18. The fourth-order valence-corrected chi connectivity index (χ4v) is 5.00. The third kappa shape index (κ3) is 3.81. The van der Waals surface area contributed by atoms with Gasteiger partial charge < -0.3 is 9.47 Å². The topological polar surface area (TPSA) is 37.6 Å². The fraction of sp³-hybridized carbons (Fsp3) is 0.300. The van der Waals surface area contributed by atoms with Crippen LogP contribution in [0.2, 0.25) is 0 Å². The van der Waals surface area contributed by atoms with Gasteiger partial charge in [-0.3, -0.25) is 4.79 Å². The van der Waals surface area contributed by atoms with E-state index in [-0.39, 0.29) is 0 Å². The van der Waals surface area contributed by atoms with Crippen molar-refractivity contribution in [1.29, 1.82) is 0 Å². The van der Waals surface area contributed by atoms with Gasteiger partial charge in [0, 0.05) is 31.4 Å². The fourth-order valence-electron chi connectivity index (χ4n) is 3.23. The smallest absolute Gasteiger partial charge is 0.222 e. The number of carbonyl (C=O) groups excluding carboxylic acids is 1. The van der Waals surface area contributed by atoms with Crippen molar-refractivity contribution in [2.75, 3.05) is 13.1 Å². The molecule has 1 saturated heterocycles. The van der Waals surface area contributed by atoms with E-state index in [0.717, 1.165) is 43.0 Å². The minimum Gasteiger partial charge on any atom is -0.343 e. The van der Waals surface area contributed by atoms with Gasteiger partial charge in [0.15, 0.2) is 4.80 Å². The summed E-state index contributed by atoms with van der Waals surface area (Å²) < 4.78 is 2.30. The molecule has 0 spiro atoms. The first kappa shape index (κ1) is 17.2. The molecule has 4 rings (SSSR count). The number of thiazole rings is 1. The molecule has 0 aliphatic carbocycles. The van der Waals surface area contributed by atoms with Gasteiger partial charge in [0.05, 0.1) is 16.3 Å². The summed E-state index contributed by atoms with van der Waals surface area (Å²) in [6, 6.07) is 14.3. The number of thiophene rings is 1. The molecule has 0 N–H and O–H groups in total. The molecule has 1 aliphatic heterocycles. The van der Waals surface area contributed by atoms with Crippen LogP contribution in [0.3, 0.4) is 0 Å². The number of aromatic nitrogens is 1. The molecule has 3 aromatic rings. The van der Waals surface area contributed by atoms with Crippen molar-refractivity contribution in [2.24, 2.45) is 4.99 Å². The Morgan fingerprint density at radius 3 is 2.65 bits per heavy atom. The lowest BCUT2D eigenvalue weighted by atomic mass is 10.3. The highest BCUT2D eigenvalue weighted by Crippen LogP contribution is 2.26. The molecule has 0 radical (unpaired) electrons. The Morgan fingerprint density at radius 2 is 1.92 bits per heavy atom. The number of carbonyl (C=O) groups is 1. The second kappa shape index (κ2) is 8.01. The van der Waals surface area contributed by atoms with Crippen LogP contribution in [0.15, 0.2) is 58.2 Å². The van der Waals surface area contributed by atoms with E-state index in [4.69, 9.17) is 4.99 Å². The van der Waals surface area contributed by atoms with Crippen molar-refractivity contribution in [3.8, 4) is 10.6 Å². The van der Waals surface area contributed by atoms with Crippen LogP contribution in [0.5, 0.6) is 0 Å². The maximum atomic E-state index is 11.8. The van der Waals surface area contributed by atoms with Crippen LogP contribution in [0.25, 0.3) is 10.6 Å². The lowest BCUT2D eigenvalue weighted by Crippen LogP contribution is -2.27. The van der Waals surface area contributed by atoms with Gasteiger partial charge in [-0.25, -0.2) is 4.99 Å². The van der Waals surface area contributed by atoms with Crippen molar-refractivity contribution in [2.45, 2.75) is 25.8 Å². The first-order chi connectivity index (χ1) is 12.8. The number of amides is 1. The molecular formula is C20H21N3OS2. The molecule has 134 valence electrons. The number of nitrogens with zero attached hydrogens (tertiary/aromatic N) is 3. The minimum atomic E-state index is 0.299. The molecule has 26 heavy (non-hydrogen) atoms. The Bertz CT molecular complexity index is 926. The summed E-state index contributed by atoms with van der Waals surface area (Å²) in [7, 11) is 0. The second-order valence-electron chi connectivity index (χ2n) is 6.32. The highest BCUT2D eigenvalue weighted by atomic mass is 32.1. The highest BCUT2D eigenvalue weighted by molar-refractivity contribution is 7.14.